The van der Waals surface area contributed by atoms with Gasteiger partial charge in [0.15, 0.2) is 0 Å². The fraction of sp³-hybridized carbons (Fsp3) is 0.190. The van der Waals surface area contributed by atoms with Crippen LogP contribution in [0.3, 0.4) is 0 Å². The minimum atomic E-state index is -2.08. The van der Waals surface area contributed by atoms with Gasteiger partial charge in [-0.25, -0.2) is 0 Å². The molecular weight excluding hydrogens is 769 g/mol. The molecule has 3 aromatic heterocycles. The van der Waals surface area contributed by atoms with E-state index in [4.69, 9.17) is 8.53 Å². The predicted molar refractivity (Wildman–Crippen MR) is 196 cm³/mol. The molecule has 0 fully saturated rings. The molecule has 0 saturated heterocycles. The van der Waals surface area contributed by atoms with Crippen LogP contribution in [-0.4, -0.2) is 18.0 Å². The molecule has 3 heterocycles. The van der Waals surface area contributed by atoms with Gasteiger partial charge in [-0.1, -0.05) is 111 Å². The predicted octanol–water partition coefficient (Wildman–Crippen LogP) is 10.9. The van der Waals surface area contributed by atoms with Crippen molar-refractivity contribution in [3.05, 3.63) is 138 Å². The molecule has 239 valence electrons. The van der Waals surface area contributed by atoms with E-state index in [0.29, 0.717) is 11.5 Å². The van der Waals surface area contributed by atoms with Crippen LogP contribution in [0, 0.1) is 25.9 Å². The number of rotatable bonds is 5. The van der Waals surface area contributed by atoms with Crippen LogP contribution >= 0.6 is 0 Å². The standard InChI is InChI=1S/C27H22NO.C15H18NSi.Ir/c1-17(2)19-13-14-28-25(15-19)24-10-6-9-23-22-12-11-20(16-26(22)29-27(23)24)21-8-5-4-7-18(21)3;1-12-5-7-13(8-6-12)15-10-9-14(11-16-15)17(2,3)4;/h4-9,11-17H,1-3H3;5-7,9-11H,1-4H3;/q2*-1;/i;1D3;. The number of hydrogen-bond acceptors (Lipinski definition) is 3. The molecule has 0 unspecified atom stereocenters. The van der Waals surface area contributed by atoms with Crippen LogP contribution in [0.15, 0.2) is 114 Å². The summed E-state index contributed by atoms with van der Waals surface area (Å²) in [6, 6.07) is 38.5. The van der Waals surface area contributed by atoms with Crippen LogP contribution in [0.5, 0.6) is 0 Å². The number of aryl methyl sites for hydroxylation is 2. The van der Waals surface area contributed by atoms with Gasteiger partial charge >= 0.3 is 0 Å². The van der Waals surface area contributed by atoms with Crippen LogP contribution in [0.4, 0.5) is 0 Å². The first-order chi connectivity index (χ1) is 23.3. The second-order valence-electron chi connectivity index (χ2n) is 13.0. The maximum atomic E-state index is 7.35. The first-order valence-corrected chi connectivity index (χ1v) is 19.2. The molecule has 0 amide bonds. The van der Waals surface area contributed by atoms with Gasteiger partial charge in [-0.15, -0.1) is 53.6 Å². The van der Waals surface area contributed by atoms with Crippen molar-refractivity contribution in [1.29, 1.82) is 0 Å². The minimum Gasteiger partial charge on any atom is -0.501 e. The molecule has 0 aliphatic rings. The van der Waals surface area contributed by atoms with Crippen molar-refractivity contribution >= 4 is 35.2 Å². The van der Waals surface area contributed by atoms with Crippen LogP contribution in [-0.2, 0) is 20.1 Å². The molecule has 0 spiro atoms. The zero-order valence-electron chi connectivity index (χ0n) is 30.6. The monoisotopic (exact) mass is 812 g/mol. The minimum absolute atomic E-state index is 0. The summed E-state index contributed by atoms with van der Waals surface area (Å²) in [5, 5.41) is 3.52. The number of benzene rings is 4. The van der Waals surface area contributed by atoms with Gasteiger partial charge in [0.2, 0.25) is 0 Å². The second-order valence-corrected chi connectivity index (χ2v) is 18.1. The van der Waals surface area contributed by atoms with E-state index < -0.39 is 14.9 Å². The van der Waals surface area contributed by atoms with Crippen LogP contribution < -0.4 is 5.19 Å². The summed E-state index contributed by atoms with van der Waals surface area (Å²) in [6.45, 7) is 11.3. The Hall–Kier alpha value is -4.15. The van der Waals surface area contributed by atoms with Crippen molar-refractivity contribution in [2.24, 2.45) is 0 Å². The van der Waals surface area contributed by atoms with Gasteiger partial charge in [0.05, 0.1) is 13.7 Å². The Morgan fingerprint density at radius 1 is 0.830 bits per heavy atom. The number of nitrogens with zero attached hydrogens (tertiary/aromatic N) is 2. The van der Waals surface area contributed by atoms with E-state index in [9.17, 15) is 0 Å². The molecule has 0 atom stereocenters. The average molecular weight is 812 g/mol. The summed E-state index contributed by atoms with van der Waals surface area (Å²) in [6.07, 6.45) is 3.79. The fourth-order valence-electron chi connectivity index (χ4n) is 5.52. The molecule has 0 saturated carbocycles. The van der Waals surface area contributed by atoms with Crippen molar-refractivity contribution in [3.8, 4) is 33.6 Å². The zero-order chi connectivity index (χ0) is 34.9. The van der Waals surface area contributed by atoms with Crippen LogP contribution in [0.2, 0.25) is 19.6 Å². The molecule has 0 bridgehead atoms. The van der Waals surface area contributed by atoms with E-state index in [0.717, 1.165) is 44.5 Å². The number of hydrogen-bond donors (Lipinski definition) is 0. The molecule has 7 aromatic rings. The molecule has 47 heavy (non-hydrogen) atoms. The molecule has 0 aliphatic carbocycles. The summed E-state index contributed by atoms with van der Waals surface area (Å²) in [4.78, 5) is 9.07. The third-order valence-corrected chi connectivity index (χ3v) is 10.3. The number of fused-ring (bicyclic) bond motifs is 3. The Kier molecular flexibility index (Phi) is 9.19. The zero-order valence-corrected chi connectivity index (χ0v) is 31.0. The molecule has 7 rings (SSSR count). The number of furan rings is 1. The summed E-state index contributed by atoms with van der Waals surface area (Å²) >= 11 is 0. The molecule has 4 aromatic carbocycles. The van der Waals surface area contributed by atoms with Crippen LogP contribution in [0.25, 0.3) is 55.6 Å². The first kappa shape index (κ1) is 30.2. The van der Waals surface area contributed by atoms with E-state index in [1.54, 1.807) is 12.1 Å². The Bertz CT molecular complexity index is 2180. The Morgan fingerprint density at radius 3 is 2.34 bits per heavy atom. The average Bonchev–Trinajstić information content (AvgIpc) is 3.46. The van der Waals surface area contributed by atoms with Crippen molar-refractivity contribution in [2.45, 2.75) is 53.2 Å². The summed E-state index contributed by atoms with van der Waals surface area (Å²) in [5.74, 6) is 0.447. The largest absolute Gasteiger partial charge is 0.501 e. The Morgan fingerprint density at radius 2 is 1.66 bits per heavy atom. The molecular formula is C42H40IrN2OSi-2. The van der Waals surface area contributed by atoms with Gasteiger partial charge in [-0.05, 0) is 58.2 Å². The van der Waals surface area contributed by atoms with Gasteiger partial charge < -0.3 is 14.4 Å². The van der Waals surface area contributed by atoms with E-state index in [-0.39, 0.29) is 20.1 Å². The van der Waals surface area contributed by atoms with Crippen molar-refractivity contribution in [1.82, 2.24) is 9.97 Å². The second kappa shape index (κ2) is 14.3. The molecule has 3 nitrogen and oxygen atoms in total. The van der Waals surface area contributed by atoms with Crippen molar-refractivity contribution in [2.75, 3.05) is 0 Å². The maximum Gasteiger partial charge on any atom is 0.121 e. The normalized spacial score (nSPS) is 12.5. The first-order valence-electron chi connectivity index (χ1n) is 17.2. The van der Waals surface area contributed by atoms with Gasteiger partial charge in [-0.2, -0.15) is 0 Å². The van der Waals surface area contributed by atoms with Gasteiger partial charge in [0, 0.05) is 42.0 Å². The summed E-state index contributed by atoms with van der Waals surface area (Å²) in [5.41, 5.74) is 10.4. The summed E-state index contributed by atoms with van der Waals surface area (Å²) in [7, 11) is -1.34. The smallest absolute Gasteiger partial charge is 0.121 e. The van der Waals surface area contributed by atoms with Crippen molar-refractivity contribution in [3.63, 3.8) is 0 Å². The molecule has 5 heteroatoms. The number of aromatic nitrogens is 2. The molecule has 0 aliphatic heterocycles. The third-order valence-electron chi connectivity index (χ3n) is 8.31. The Labute approximate surface area is 297 Å². The Balaban J connectivity index is 0.000000204. The van der Waals surface area contributed by atoms with Gasteiger partial charge in [-0.3, -0.25) is 0 Å². The van der Waals surface area contributed by atoms with E-state index in [2.05, 4.69) is 129 Å². The fourth-order valence-corrected chi connectivity index (χ4v) is 6.56. The SMILES string of the molecule is Cc1ccccc1-c1ccc2c(c1)oc1c(-c3cc(C(C)C)ccn3)[c-]ccc12.[2H]C([2H])([2H])c1c[c-]c(-c2ccc([Si](C)(C)C)cn2)cc1.[Ir]. The van der Waals surface area contributed by atoms with E-state index >= 15 is 0 Å². The summed E-state index contributed by atoms with van der Waals surface area (Å²) < 4.78 is 28.4. The molecule has 1 radical (unpaired) electrons. The van der Waals surface area contributed by atoms with Gasteiger partial charge in [0.25, 0.3) is 0 Å². The molecule has 0 N–H and O–H groups in total. The van der Waals surface area contributed by atoms with Crippen LogP contribution in [0.1, 0.15) is 40.6 Å². The van der Waals surface area contributed by atoms with E-state index in [1.807, 2.05) is 24.5 Å². The maximum absolute atomic E-state index is 7.35. The third kappa shape index (κ3) is 7.54. The van der Waals surface area contributed by atoms with E-state index in [1.165, 1.54) is 33.5 Å². The number of pyridine rings is 2. The quantitative estimate of drug-likeness (QED) is 0.128. The van der Waals surface area contributed by atoms with Gasteiger partial charge in [0.1, 0.15) is 5.58 Å². The topological polar surface area (TPSA) is 38.9 Å². The van der Waals surface area contributed by atoms with Crippen molar-refractivity contribution < 1.29 is 28.6 Å².